The molecule has 0 saturated heterocycles. The van der Waals surface area contributed by atoms with Gasteiger partial charge in [-0.2, -0.15) is 0 Å². The number of nitrogens with two attached hydrogens (primary N) is 1. The molecule has 2 aromatic rings. The molecule has 0 fully saturated rings. The zero-order valence-corrected chi connectivity index (χ0v) is 11.8. The van der Waals surface area contributed by atoms with Crippen LogP contribution in [0.1, 0.15) is 10.5 Å². The number of hydrogen-bond acceptors (Lipinski definition) is 5. The van der Waals surface area contributed by atoms with E-state index in [2.05, 4.69) is 26.2 Å². The number of amides is 1. The highest BCUT2D eigenvalue weighted by Gasteiger charge is 2.09. The third-order valence-corrected chi connectivity index (χ3v) is 2.99. The molecule has 3 N–H and O–H groups in total. The van der Waals surface area contributed by atoms with E-state index in [0.29, 0.717) is 16.8 Å². The summed E-state index contributed by atoms with van der Waals surface area (Å²) in [4.78, 5) is 11.2. The minimum absolute atomic E-state index is 0.121. The largest absolute Gasteiger partial charge is 0.490 e. The molecule has 106 valence electrons. The molecule has 0 spiro atoms. The van der Waals surface area contributed by atoms with E-state index in [4.69, 9.17) is 10.6 Å². The number of benzene rings is 1. The Bertz CT molecular complexity index is 619. The van der Waals surface area contributed by atoms with Crippen molar-refractivity contribution in [3.05, 3.63) is 40.4 Å². The fraction of sp³-hybridized carbons (Fsp3) is 0.182. The molecule has 7 nitrogen and oxygen atoms in total. The van der Waals surface area contributed by atoms with Crippen molar-refractivity contribution in [3.63, 3.8) is 0 Å². The summed E-state index contributed by atoms with van der Waals surface area (Å²) in [6, 6.07) is 4.14. The number of carbonyl (C=O) groups is 1. The van der Waals surface area contributed by atoms with Crippen molar-refractivity contribution in [1.29, 1.82) is 0 Å². The first-order valence-electron chi connectivity index (χ1n) is 5.59. The topological polar surface area (TPSA) is 95.1 Å². The van der Waals surface area contributed by atoms with Gasteiger partial charge in [0.15, 0.2) is 5.69 Å². The summed E-state index contributed by atoms with van der Waals surface area (Å²) in [7, 11) is 0. The van der Waals surface area contributed by atoms with Crippen LogP contribution in [-0.4, -0.2) is 27.5 Å². The van der Waals surface area contributed by atoms with Crippen molar-refractivity contribution in [2.45, 2.75) is 6.54 Å². The van der Waals surface area contributed by atoms with E-state index in [1.165, 1.54) is 29.1 Å². The van der Waals surface area contributed by atoms with Gasteiger partial charge in [-0.3, -0.25) is 10.2 Å². The van der Waals surface area contributed by atoms with Gasteiger partial charge in [0.25, 0.3) is 5.91 Å². The van der Waals surface area contributed by atoms with Crippen molar-refractivity contribution in [3.8, 4) is 5.75 Å². The van der Waals surface area contributed by atoms with E-state index in [-0.39, 0.29) is 18.1 Å². The number of nitrogens with zero attached hydrogens (tertiary/aromatic N) is 3. The van der Waals surface area contributed by atoms with Gasteiger partial charge in [-0.15, -0.1) is 5.10 Å². The van der Waals surface area contributed by atoms with Gasteiger partial charge in [0.05, 0.1) is 17.2 Å². The molecular weight excluding hydrogens is 333 g/mol. The van der Waals surface area contributed by atoms with Gasteiger partial charge in [0.2, 0.25) is 0 Å². The minimum Gasteiger partial charge on any atom is -0.490 e. The quantitative estimate of drug-likeness (QED) is 0.477. The molecule has 0 atom stereocenters. The minimum atomic E-state index is -0.515. The van der Waals surface area contributed by atoms with Crippen LogP contribution in [0.15, 0.2) is 28.9 Å². The Labute approximate surface area is 122 Å². The lowest BCUT2D eigenvalue weighted by molar-refractivity contribution is 0.0948. The molecule has 0 saturated carbocycles. The van der Waals surface area contributed by atoms with Gasteiger partial charge < -0.3 is 4.74 Å². The number of nitrogen functional groups attached to an aromatic ring is 1. The number of aromatic nitrogens is 3. The number of hydrazine groups is 1. The molecule has 1 amide bonds. The number of carbonyl (C=O) groups excluding carboxylic acids is 1. The first kappa shape index (κ1) is 14.4. The van der Waals surface area contributed by atoms with Crippen LogP contribution in [0, 0.1) is 5.82 Å². The van der Waals surface area contributed by atoms with Gasteiger partial charge in [-0.1, -0.05) is 5.21 Å². The van der Waals surface area contributed by atoms with Crippen LogP contribution < -0.4 is 16.0 Å². The predicted molar refractivity (Wildman–Crippen MR) is 71.3 cm³/mol. The van der Waals surface area contributed by atoms with Gasteiger partial charge >= 0.3 is 0 Å². The molecule has 20 heavy (non-hydrogen) atoms. The van der Waals surface area contributed by atoms with Gasteiger partial charge in [0, 0.05) is 0 Å². The normalized spacial score (nSPS) is 10.3. The smallest absolute Gasteiger partial charge is 0.287 e. The van der Waals surface area contributed by atoms with E-state index >= 15 is 0 Å². The van der Waals surface area contributed by atoms with Crippen LogP contribution >= 0.6 is 15.9 Å². The molecule has 1 aromatic carbocycles. The van der Waals surface area contributed by atoms with Crippen LogP contribution in [0.2, 0.25) is 0 Å². The van der Waals surface area contributed by atoms with Crippen LogP contribution in [-0.2, 0) is 6.54 Å². The maximum absolute atomic E-state index is 12.9. The summed E-state index contributed by atoms with van der Waals surface area (Å²) in [5, 5.41) is 7.40. The fourth-order valence-electron chi connectivity index (χ4n) is 1.43. The summed E-state index contributed by atoms with van der Waals surface area (Å²) >= 11 is 3.20. The summed E-state index contributed by atoms with van der Waals surface area (Å²) in [6.07, 6.45) is 1.45. The van der Waals surface area contributed by atoms with Gasteiger partial charge in [-0.25, -0.2) is 14.9 Å². The second-order valence-corrected chi connectivity index (χ2v) is 4.62. The van der Waals surface area contributed by atoms with E-state index in [1.807, 2.05) is 5.43 Å². The zero-order chi connectivity index (χ0) is 14.5. The Hall–Kier alpha value is -2.00. The van der Waals surface area contributed by atoms with E-state index in [1.54, 1.807) is 0 Å². The molecule has 2 rings (SSSR count). The van der Waals surface area contributed by atoms with Gasteiger partial charge in [-0.05, 0) is 34.1 Å². The Balaban J connectivity index is 1.89. The average molecular weight is 344 g/mol. The van der Waals surface area contributed by atoms with Crippen LogP contribution in [0.4, 0.5) is 4.39 Å². The maximum Gasteiger partial charge on any atom is 0.287 e. The molecule has 9 heteroatoms. The van der Waals surface area contributed by atoms with E-state index < -0.39 is 5.91 Å². The summed E-state index contributed by atoms with van der Waals surface area (Å²) in [5.41, 5.74) is 2.08. The molecule has 1 heterocycles. The van der Waals surface area contributed by atoms with Gasteiger partial charge in [0.1, 0.15) is 18.2 Å². The molecule has 0 bridgehead atoms. The average Bonchev–Trinajstić information content (AvgIpc) is 2.89. The summed E-state index contributed by atoms with van der Waals surface area (Å²) < 4.78 is 20.3. The number of hydrogen-bond donors (Lipinski definition) is 2. The Morgan fingerprint density at radius 1 is 1.55 bits per heavy atom. The summed E-state index contributed by atoms with van der Waals surface area (Å²) in [6.45, 7) is 0.673. The first-order chi connectivity index (χ1) is 9.60. The lowest BCUT2D eigenvalue weighted by Gasteiger charge is -2.07. The SMILES string of the molecule is NNC(=O)c1cn(CCOc2ccc(F)cc2Br)nn1. The fourth-order valence-corrected chi connectivity index (χ4v) is 1.89. The highest BCUT2D eigenvalue weighted by Crippen LogP contribution is 2.25. The van der Waals surface area contributed by atoms with E-state index in [0.717, 1.165) is 0 Å². The third kappa shape index (κ3) is 3.52. The molecule has 0 aliphatic heterocycles. The summed E-state index contributed by atoms with van der Waals surface area (Å²) in [5.74, 6) is 4.64. The van der Waals surface area contributed by atoms with Crippen LogP contribution in [0.5, 0.6) is 5.75 Å². The molecular formula is C11H11BrFN5O2. The number of halogens is 2. The molecule has 1 aromatic heterocycles. The van der Waals surface area contributed by atoms with Crippen LogP contribution in [0.3, 0.4) is 0 Å². The third-order valence-electron chi connectivity index (χ3n) is 2.37. The Morgan fingerprint density at radius 2 is 2.35 bits per heavy atom. The second kappa shape index (κ2) is 6.44. The maximum atomic E-state index is 12.9. The zero-order valence-electron chi connectivity index (χ0n) is 10.2. The molecule has 0 aliphatic carbocycles. The molecule has 0 unspecified atom stereocenters. The van der Waals surface area contributed by atoms with Crippen molar-refractivity contribution in [1.82, 2.24) is 20.4 Å². The van der Waals surface area contributed by atoms with Crippen molar-refractivity contribution in [2.24, 2.45) is 5.84 Å². The van der Waals surface area contributed by atoms with Crippen molar-refractivity contribution >= 4 is 21.8 Å². The van der Waals surface area contributed by atoms with Crippen LogP contribution in [0.25, 0.3) is 0 Å². The second-order valence-electron chi connectivity index (χ2n) is 3.76. The van der Waals surface area contributed by atoms with Crippen molar-refractivity contribution < 1.29 is 13.9 Å². The number of rotatable bonds is 5. The lowest BCUT2D eigenvalue weighted by atomic mass is 10.3. The monoisotopic (exact) mass is 343 g/mol. The number of nitrogens with one attached hydrogen (secondary N) is 1. The van der Waals surface area contributed by atoms with Crippen molar-refractivity contribution in [2.75, 3.05) is 6.61 Å². The molecule has 0 aliphatic rings. The Kier molecular flexibility index (Phi) is 4.64. The first-order valence-corrected chi connectivity index (χ1v) is 6.38. The highest BCUT2D eigenvalue weighted by atomic mass is 79.9. The highest BCUT2D eigenvalue weighted by molar-refractivity contribution is 9.10. The number of ether oxygens (including phenoxy) is 1. The Morgan fingerprint density at radius 3 is 3.05 bits per heavy atom. The van der Waals surface area contributed by atoms with E-state index in [9.17, 15) is 9.18 Å². The predicted octanol–water partition coefficient (Wildman–Crippen LogP) is 0.862. The molecule has 0 radical (unpaired) electrons. The lowest BCUT2D eigenvalue weighted by Crippen LogP contribution is -2.30. The standard InChI is InChI=1S/C11H11BrFN5O2/c12-8-5-7(13)1-2-10(8)20-4-3-18-6-9(16-17-18)11(19)15-14/h1-2,5-6H,3-4,14H2,(H,15,19).